The lowest BCUT2D eigenvalue weighted by Gasteiger charge is -2.15. The summed E-state index contributed by atoms with van der Waals surface area (Å²) in [5.74, 6) is 0. The Morgan fingerprint density at radius 1 is 0.692 bits per heavy atom. The van der Waals surface area contributed by atoms with Crippen LogP contribution in [0.25, 0.3) is 45.6 Å². The standard InChI is InChI=1S/C36H35N3/c1-37(2)30-20-15-26(16-21-30)14-17-29-25-34-36-28(10-8-24-39(34)32-12-4-3-11-31(29)32)19-18-27-9-7-23-38-22-6-5-13-33(38)35(27)36/h3-6,11-22,25H,7-10,23-24H2,1-2H3/q+2. The van der Waals surface area contributed by atoms with Gasteiger partial charge in [0.25, 0.3) is 0 Å². The highest BCUT2D eigenvalue weighted by Gasteiger charge is 2.32. The van der Waals surface area contributed by atoms with E-state index >= 15 is 0 Å². The van der Waals surface area contributed by atoms with E-state index in [2.05, 4.69) is 131 Å². The average molecular weight is 510 g/mol. The van der Waals surface area contributed by atoms with Crippen molar-refractivity contribution < 1.29 is 9.13 Å². The molecule has 0 atom stereocenters. The van der Waals surface area contributed by atoms with E-state index in [9.17, 15) is 0 Å². The molecule has 3 heteroatoms. The van der Waals surface area contributed by atoms with Crippen molar-refractivity contribution in [2.45, 2.75) is 38.8 Å². The third kappa shape index (κ3) is 4.23. The zero-order valence-electron chi connectivity index (χ0n) is 22.9. The van der Waals surface area contributed by atoms with Crippen molar-refractivity contribution in [2.24, 2.45) is 0 Å². The number of fused-ring (bicyclic) bond motifs is 9. The zero-order chi connectivity index (χ0) is 26.3. The number of anilines is 1. The van der Waals surface area contributed by atoms with Gasteiger partial charge in [-0.3, -0.25) is 0 Å². The molecule has 0 N–H and O–H groups in total. The summed E-state index contributed by atoms with van der Waals surface area (Å²) in [5.41, 5.74) is 13.5. The Morgan fingerprint density at radius 3 is 2.21 bits per heavy atom. The van der Waals surface area contributed by atoms with Crippen molar-refractivity contribution in [3.8, 4) is 22.5 Å². The molecule has 4 heterocycles. The molecule has 0 fully saturated rings. The Balaban J connectivity index is 1.46. The van der Waals surface area contributed by atoms with Crippen LogP contribution in [0.3, 0.4) is 0 Å². The first-order chi connectivity index (χ1) is 19.2. The maximum Gasteiger partial charge on any atom is 0.214 e. The molecule has 192 valence electrons. The topological polar surface area (TPSA) is 11.0 Å². The molecule has 2 aromatic heterocycles. The molecule has 7 rings (SSSR count). The molecule has 0 saturated heterocycles. The number of hydrogen-bond donors (Lipinski definition) is 0. The van der Waals surface area contributed by atoms with Crippen molar-refractivity contribution in [3.63, 3.8) is 0 Å². The first-order valence-electron chi connectivity index (χ1n) is 14.2. The minimum atomic E-state index is 1.03. The second kappa shape index (κ2) is 9.81. The molecule has 0 bridgehead atoms. The molecule has 0 spiro atoms. The molecule has 0 aliphatic carbocycles. The number of para-hydroxylation sites is 1. The fraction of sp³-hybridized carbons (Fsp3) is 0.222. The molecule has 3 aromatic carbocycles. The summed E-state index contributed by atoms with van der Waals surface area (Å²) in [6.07, 6.45) is 11.4. The Labute approximate surface area is 231 Å². The van der Waals surface area contributed by atoms with Gasteiger partial charge in [-0.15, -0.1) is 0 Å². The van der Waals surface area contributed by atoms with Gasteiger partial charge in [-0.05, 0) is 59.4 Å². The van der Waals surface area contributed by atoms with Crippen LogP contribution < -0.4 is 14.0 Å². The van der Waals surface area contributed by atoms with Crippen LogP contribution in [0.15, 0.2) is 91.1 Å². The molecule has 0 saturated carbocycles. The number of pyridine rings is 2. The molecule has 0 radical (unpaired) electrons. The number of aromatic nitrogens is 2. The summed E-state index contributed by atoms with van der Waals surface area (Å²) < 4.78 is 5.05. The minimum absolute atomic E-state index is 1.03. The Hall–Kier alpha value is -4.24. The predicted octanol–water partition coefficient (Wildman–Crippen LogP) is 6.88. The largest absolute Gasteiger partial charge is 0.378 e. The second-order valence-electron chi connectivity index (χ2n) is 11.1. The van der Waals surface area contributed by atoms with Crippen LogP contribution in [0, 0.1) is 0 Å². The van der Waals surface area contributed by atoms with Crippen molar-refractivity contribution in [1.82, 2.24) is 0 Å². The molecule has 3 nitrogen and oxygen atoms in total. The molecule has 39 heavy (non-hydrogen) atoms. The zero-order valence-corrected chi connectivity index (χ0v) is 22.9. The van der Waals surface area contributed by atoms with E-state index < -0.39 is 0 Å². The van der Waals surface area contributed by atoms with Gasteiger partial charge in [-0.2, -0.15) is 9.13 Å². The first kappa shape index (κ1) is 23.8. The van der Waals surface area contributed by atoms with E-state index in [0.29, 0.717) is 0 Å². The molecular formula is C36H35N3+2. The van der Waals surface area contributed by atoms with Gasteiger partial charge in [0.05, 0.1) is 16.5 Å². The third-order valence-electron chi connectivity index (χ3n) is 8.46. The third-order valence-corrected chi connectivity index (χ3v) is 8.46. The molecule has 0 amide bonds. The number of hydrogen-bond acceptors (Lipinski definition) is 1. The number of benzene rings is 3. The predicted molar refractivity (Wildman–Crippen MR) is 162 cm³/mol. The van der Waals surface area contributed by atoms with Crippen LogP contribution in [0.2, 0.25) is 0 Å². The van der Waals surface area contributed by atoms with Crippen LogP contribution in [0.5, 0.6) is 0 Å². The lowest BCUT2D eigenvalue weighted by Crippen LogP contribution is -2.37. The van der Waals surface area contributed by atoms with Gasteiger partial charge >= 0.3 is 0 Å². The molecule has 0 unspecified atom stereocenters. The monoisotopic (exact) mass is 509 g/mol. The van der Waals surface area contributed by atoms with Crippen molar-refractivity contribution in [2.75, 3.05) is 19.0 Å². The van der Waals surface area contributed by atoms with Gasteiger partial charge in [0, 0.05) is 56.9 Å². The SMILES string of the molecule is CN(C)c1ccc(/C=C/c2cc3[n+](c4ccccc24)CCCc2ccc4c(c2-3)-c2cccc[n+]2CCC4)cc1. The highest BCUT2D eigenvalue weighted by atomic mass is 15.1. The van der Waals surface area contributed by atoms with Crippen molar-refractivity contribution in [3.05, 3.63) is 113 Å². The maximum atomic E-state index is 2.59. The van der Waals surface area contributed by atoms with Crippen LogP contribution in [0.4, 0.5) is 5.69 Å². The van der Waals surface area contributed by atoms with E-state index in [-0.39, 0.29) is 0 Å². The van der Waals surface area contributed by atoms with E-state index in [1.165, 1.54) is 67.8 Å². The number of rotatable bonds is 3. The van der Waals surface area contributed by atoms with Gasteiger partial charge in [-0.1, -0.05) is 48.6 Å². The van der Waals surface area contributed by atoms with E-state index in [1.54, 1.807) is 0 Å². The molecule has 2 aliphatic rings. The summed E-state index contributed by atoms with van der Waals surface area (Å²) >= 11 is 0. The van der Waals surface area contributed by atoms with Gasteiger partial charge in [0.15, 0.2) is 6.20 Å². The number of nitrogens with zero attached hydrogens (tertiary/aromatic N) is 3. The second-order valence-corrected chi connectivity index (χ2v) is 11.1. The smallest absolute Gasteiger partial charge is 0.214 e. The highest BCUT2D eigenvalue weighted by molar-refractivity contribution is 5.92. The van der Waals surface area contributed by atoms with E-state index in [0.717, 1.165) is 32.4 Å². The van der Waals surface area contributed by atoms with Gasteiger partial charge in [-0.25, -0.2) is 0 Å². The van der Waals surface area contributed by atoms with Crippen LogP contribution in [-0.4, -0.2) is 14.1 Å². The minimum Gasteiger partial charge on any atom is -0.378 e. The van der Waals surface area contributed by atoms with Crippen LogP contribution >= 0.6 is 0 Å². The quantitative estimate of drug-likeness (QED) is 0.241. The molecular weight excluding hydrogens is 474 g/mol. The van der Waals surface area contributed by atoms with Crippen LogP contribution in [0.1, 0.15) is 35.1 Å². The Bertz CT molecular complexity index is 1730. The lowest BCUT2D eigenvalue weighted by molar-refractivity contribution is -0.686. The normalized spacial score (nSPS) is 14.2. The lowest BCUT2D eigenvalue weighted by atomic mass is 9.88. The van der Waals surface area contributed by atoms with Crippen LogP contribution in [-0.2, 0) is 25.9 Å². The van der Waals surface area contributed by atoms with Gasteiger partial charge < -0.3 is 4.90 Å². The van der Waals surface area contributed by atoms with Crippen molar-refractivity contribution >= 4 is 28.7 Å². The van der Waals surface area contributed by atoms with Gasteiger partial charge in [0.1, 0.15) is 13.1 Å². The van der Waals surface area contributed by atoms with E-state index in [1.807, 2.05) is 0 Å². The average Bonchev–Trinajstić information content (AvgIpc) is 3.28. The summed E-state index contributed by atoms with van der Waals surface area (Å²) in [6.45, 7) is 2.10. The summed E-state index contributed by atoms with van der Waals surface area (Å²) in [5, 5.41) is 1.31. The Morgan fingerprint density at radius 2 is 1.41 bits per heavy atom. The van der Waals surface area contributed by atoms with Gasteiger partial charge in [0.2, 0.25) is 16.9 Å². The van der Waals surface area contributed by atoms with Crippen molar-refractivity contribution in [1.29, 1.82) is 0 Å². The first-order valence-corrected chi connectivity index (χ1v) is 14.2. The fourth-order valence-corrected chi connectivity index (χ4v) is 6.50. The fourth-order valence-electron chi connectivity index (χ4n) is 6.50. The molecule has 5 aromatic rings. The summed E-state index contributed by atoms with van der Waals surface area (Å²) in [7, 11) is 4.17. The maximum absolute atomic E-state index is 2.59. The molecule has 2 aliphatic heterocycles. The summed E-state index contributed by atoms with van der Waals surface area (Å²) in [4.78, 5) is 2.14. The van der Waals surface area contributed by atoms with E-state index in [4.69, 9.17) is 0 Å². The summed E-state index contributed by atoms with van der Waals surface area (Å²) in [6, 6.07) is 31.7. The number of aryl methyl sites for hydroxylation is 4. The Kier molecular flexibility index (Phi) is 6.00. The highest BCUT2D eigenvalue weighted by Crippen LogP contribution is 2.40.